The topological polar surface area (TPSA) is 35.5 Å². The lowest BCUT2D eigenvalue weighted by Gasteiger charge is -2.37. The summed E-state index contributed by atoms with van der Waals surface area (Å²) in [6.45, 7) is 4.40. The van der Waals surface area contributed by atoms with Crippen LogP contribution in [-0.4, -0.2) is 20.0 Å². The summed E-state index contributed by atoms with van der Waals surface area (Å²) >= 11 is 0. The van der Waals surface area contributed by atoms with Crippen LogP contribution in [-0.2, 0) is 0 Å². The fraction of sp³-hybridized carbons (Fsp3) is 0.588. The number of Topliss-reactive ketones (excluding diaryl/α,β-unsaturated/α-hetero) is 1. The number of rotatable bonds is 4. The maximum absolute atomic E-state index is 12.8. The number of carbonyl (C=O) groups is 1. The van der Waals surface area contributed by atoms with E-state index in [4.69, 9.17) is 9.47 Å². The second-order valence-corrected chi connectivity index (χ2v) is 6.25. The van der Waals surface area contributed by atoms with E-state index in [2.05, 4.69) is 13.8 Å². The van der Waals surface area contributed by atoms with Gasteiger partial charge in [-0.1, -0.05) is 26.7 Å². The smallest absolute Gasteiger partial charge is 0.166 e. The van der Waals surface area contributed by atoms with Crippen molar-refractivity contribution < 1.29 is 14.3 Å². The standard InChI is InChI=1S/C17H24O3/c1-17(2)8-6-5-7-15(17)16(18)12-9-13(19-3)11-14(10-12)20-4/h9-11,15H,5-8H2,1-4H3. The molecule has 0 N–H and O–H groups in total. The number of hydrogen-bond acceptors (Lipinski definition) is 3. The first kappa shape index (κ1) is 14.9. The quantitative estimate of drug-likeness (QED) is 0.777. The van der Waals surface area contributed by atoms with Crippen LogP contribution in [0.25, 0.3) is 0 Å². The van der Waals surface area contributed by atoms with Crippen molar-refractivity contribution in [3.8, 4) is 11.5 Å². The monoisotopic (exact) mass is 276 g/mol. The van der Waals surface area contributed by atoms with Gasteiger partial charge in [0.1, 0.15) is 11.5 Å². The molecule has 0 aliphatic heterocycles. The van der Waals surface area contributed by atoms with Crippen LogP contribution < -0.4 is 9.47 Å². The van der Waals surface area contributed by atoms with E-state index in [1.165, 1.54) is 6.42 Å². The van der Waals surface area contributed by atoms with Crippen molar-refractivity contribution >= 4 is 5.78 Å². The summed E-state index contributed by atoms with van der Waals surface area (Å²) in [4.78, 5) is 12.8. The van der Waals surface area contributed by atoms with Crippen molar-refractivity contribution in [2.24, 2.45) is 11.3 Å². The van der Waals surface area contributed by atoms with Crippen molar-refractivity contribution in [2.45, 2.75) is 39.5 Å². The normalized spacial score (nSPS) is 21.3. The van der Waals surface area contributed by atoms with Gasteiger partial charge in [-0.15, -0.1) is 0 Å². The third-order valence-corrected chi connectivity index (χ3v) is 4.46. The van der Waals surface area contributed by atoms with Gasteiger partial charge in [-0.3, -0.25) is 4.79 Å². The summed E-state index contributed by atoms with van der Waals surface area (Å²) in [5.41, 5.74) is 0.771. The minimum absolute atomic E-state index is 0.0750. The number of benzene rings is 1. The summed E-state index contributed by atoms with van der Waals surface area (Å²) in [5.74, 6) is 1.64. The van der Waals surface area contributed by atoms with Gasteiger partial charge in [0.05, 0.1) is 14.2 Å². The maximum Gasteiger partial charge on any atom is 0.166 e. The Bertz CT molecular complexity index is 469. The van der Waals surface area contributed by atoms with Gasteiger partial charge < -0.3 is 9.47 Å². The molecule has 0 bridgehead atoms. The number of ether oxygens (including phenoxy) is 2. The van der Waals surface area contributed by atoms with E-state index in [1.807, 2.05) is 12.1 Å². The molecule has 3 heteroatoms. The van der Waals surface area contributed by atoms with E-state index < -0.39 is 0 Å². The molecular formula is C17H24O3. The Morgan fingerprint density at radius 2 is 1.70 bits per heavy atom. The second kappa shape index (κ2) is 5.86. The predicted octanol–water partition coefficient (Wildman–Crippen LogP) is 4.10. The van der Waals surface area contributed by atoms with Crippen LogP contribution in [0.3, 0.4) is 0 Å². The van der Waals surface area contributed by atoms with Gasteiger partial charge in [-0.25, -0.2) is 0 Å². The van der Waals surface area contributed by atoms with Crippen molar-refractivity contribution in [3.05, 3.63) is 23.8 Å². The Balaban J connectivity index is 2.32. The summed E-state index contributed by atoms with van der Waals surface area (Å²) < 4.78 is 10.5. The van der Waals surface area contributed by atoms with Crippen LogP contribution in [0.1, 0.15) is 49.9 Å². The zero-order valence-corrected chi connectivity index (χ0v) is 12.9. The molecule has 1 fully saturated rings. The molecule has 0 radical (unpaired) electrons. The van der Waals surface area contributed by atoms with Crippen LogP contribution in [0.4, 0.5) is 0 Å². The lowest BCUT2D eigenvalue weighted by Crippen LogP contribution is -2.34. The Labute approximate surface area is 121 Å². The van der Waals surface area contributed by atoms with E-state index in [0.717, 1.165) is 19.3 Å². The van der Waals surface area contributed by atoms with Crippen LogP contribution in [0.5, 0.6) is 11.5 Å². The zero-order valence-electron chi connectivity index (χ0n) is 12.9. The molecule has 20 heavy (non-hydrogen) atoms. The first-order valence-electron chi connectivity index (χ1n) is 7.25. The predicted molar refractivity (Wildman–Crippen MR) is 79.6 cm³/mol. The van der Waals surface area contributed by atoms with E-state index in [0.29, 0.717) is 17.1 Å². The zero-order chi connectivity index (χ0) is 14.8. The highest BCUT2D eigenvalue weighted by atomic mass is 16.5. The molecule has 1 aromatic rings. The van der Waals surface area contributed by atoms with Crippen LogP contribution >= 0.6 is 0 Å². The van der Waals surface area contributed by atoms with Gasteiger partial charge in [0.15, 0.2) is 5.78 Å². The molecule has 0 saturated heterocycles. The molecule has 1 aromatic carbocycles. The molecule has 0 heterocycles. The van der Waals surface area contributed by atoms with Gasteiger partial charge in [-0.05, 0) is 30.4 Å². The summed E-state index contributed by atoms with van der Waals surface area (Å²) in [6.07, 6.45) is 4.45. The van der Waals surface area contributed by atoms with Crippen LogP contribution in [0.15, 0.2) is 18.2 Å². The Hall–Kier alpha value is -1.51. The lowest BCUT2D eigenvalue weighted by atomic mass is 9.66. The fourth-order valence-electron chi connectivity index (χ4n) is 3.13. The molecule has 2 rings (SSSR count). The van der Waals surface area contributed by atoms with Crippen molar-refractivity contribution in [1.82, 2.24) is 0 Å². The third kappa shape index (κ3) is 2.97. The Morgan fingerprint density at radius 1 is 1.10 bits per heavy atom. The van der Waals surface area contributed by atoms with Crippen molar-refractivity contribution in [1.29, 1.82) is 0 Å². The Kier molecular flexibility index (Phi) is 4.36. The molecule has 110 valence electrons. The van der Waals surface area contributed by atoms with E-state index in [1.54, 1.807) is 20.3 Å². The maximum atomic E-state index is 12.8. The molecule has 1 unspecified atom stereocenters. The highest BCUT2D eigenvalue weighted by molar-refractivity contribution is 5.99. The summed E-state index contributed by atoms with van der Waals surface area (Å²) in [5, 5.41) is 0. The van der Waals surface area contributed by atoms with Gasteiger partial charge in [0, 0.05) is 17.5 Å². The third-order valence-electron chi connectivity index (χ3n) is 4.46. The highest BCUT2D eigenvalue weighted by Gasteiger charge is 2.37. The minimum atomic E-state index is 0.0750. The van der Waals surface area contributed by atoms with Crippen LogP contribution in [0.2, 0.25) is 0 Å². The molecule has 0 spiro atoms. The molecular weight excluding hydrogens is 252 g/mol. The van der Waals surface area contributed by atoms with Crippen molar-refractivity contribution in [2.75, 3.05) is 14.2 Å². The number of ketones is 1. The molecule has 3 nitrogen and oxygen atoms in total. The lowest BCUT2D eigenvalue weighted by molar-refractivity contribution is 0.0696. The van der Waals surface area contributed by atoms with Crippen molar-refractivity contribution in [3.63, 3.8) is 0 Å². The van der Waals surface area contributed by atoms with Crippen LogP contribution in [0, 0.1) is 11.3 Å². The number of hydrogen-bond donors (Lipinski definition) is 0. The molecule has 1 saturated carbocycles. The Morgan fingerprint density at radius 3 is 2.20 bits per heavy atom. The van der Waals surface area contributed by atoms with E-state index >= 15 is 0 Å². The first-order chi connectivity index (χ1) is 9.47. The molecule has 0 aromatic heterocycles. The van der Waals surface area contributed by atoms with Gasteiger partial charge in [-0.2, -0.15) is 0 Å². The fourth-order valence-corrected chi connectivity index (χ4v) is 3.13. The van der Waals surface area contributed by atoms with Gasteiger partial charge in [0.25, 0.3) is 0 Å². The minimum Gasteiger partial charge on any atom is -0.497 e. The second-order valence-electron chi connectivity index (χ2n) is 6.25. The largest absolute Gasteiger partial charge is 0.497 e. The average molecular weight is 276 g/mol. The van der Waals surface area contributed by atoms with Gasteiger partial charge >= 0.3 is 0 Å². The summed E-state index contributed by atoms with van der Waals surface area (Å²) in [6, 6.07) is 5.42. The summed E-state index contributed by atoms with van der Waals surface area (Å²) in [7, 11) is 3.21. The molecule has 1 aliphatic rings. The van der Waals surface area contributed by atoms with E-state index in [-0.39, 0.29) is 17.1 Å². The van der Waals surface area contributed by atoms with E-state index in [9.17, 15) is 4.79 Å². The molecule has 0 amide bonds. The highest BCUT2D eigenvalue weighted by Crippen LogP contribution is 2.42. The SMILES string of the molecule is COc1cc(OC)cc(C(=O)C2CCCCC2(C)C)c1. The average Bonchev–Trinajstić information content (AvgIpc) is 2.45. The first-order valence-corrected chi connectivity index (χ1v) is 7.25. The molecule has 1 aliphatic carbocycles. The van der Waals surface area contributed by atoms with Gasteiger partial charge in [0.2, 0.25) is 0 Å². The number of carbonyl (C=O) groups excluding carboxylic acids is 1. The molecule has 1 atom stereocenters. The number of methoxy groups -OCH3 is 2.